The van der Waals surface area contributed by atoms with Crippen LogP contribution in [0.1, 0.15) is 45.4 Å². The van der Waals surface area contributed by atoms with Gasteiger partial charge in [0.25, 0.3) is 0 Å². The van der Waals surface area contributed by atoms with Crippen LogP contribution in [0.25, 0.3) is 0 Å². The molecule has 1 saturated carbocycles. The van der Waals surface area contributed by atoms with Gasteiger partial charge < -0.3 is 15.4 Å². The molecule has 2 N–H and O–H groups in total. The highest BCUT2D eigenvalue weighted by Crippen LogP contribution is 2.22. The maximum Gasteiger partial charge on any atom is 0.222 e. The Kier molecular flexibility index (Phi) is 6.52. The van der Waals surface area contributed by atoms with Crippen LogP contribution in [0.3, 0.4) is 0 Å². The Morgan fingerprint density at radius 3 is 2.53 bits per heavy atom. The Balaban J connectivity index is 2.38. The molecule has 0 saturated heterocycles. The molecule has 0 heterocycles. The van der Waals surface area contributed by atoms with Gasteiger partial charge in [-0.15, -0.1) is 0 Å². The van der Waals surface area contributed by atoms with Crippen LogP contribution in [0.15, 0.2) is 0 Å². The van der Waals surface area contributed by atoms with E-state index in [0.29, 0.717) is 25.1 Å². The number of methoxy groups -OCH3 is 1. The van der Waals surface area contributed by atoms with Crippen molar-refractivity contribution in [3.8, 4) is 0 Å². The highest BCUT2D eigenvalue weighted by molar-refractivity contribution is 5.76. The number of nitrogens with zero attached hydrogens (tertiary/aromatic N) is 1. The van der Waals surface area contributed by atoms with Crippen molar-refractivity contribution in [2.45, 2.75) is 57.5 Å². The Hall–Kier alpha value is -0.610. The molecule has 17 heavy (non-hydrogen) atoms. The minimum atomic E-state index is 0.269. The van der Waals surface area contributed by atoms with Gasteiger partial charge in [-0.25, -0.2) is 0 Å². The summed E-state index contributed by atoms with van der Waals surface area (Å²) in [5, 5.41) is 0. The largest absolute Gasteiger partial charge is 0.385 e. The van der Waals surface area contributed by atoms with Gasteiger partial charge in [0.15, 0.2) is 0 Å². The summed E-state index contributed by atoms with van der Waals surface area (Å²) in [6.45, 7) is 3.54. The summed E-state index contributed by atoms with van der Waals surface area (Å²) in [7, 11) is 1.67. The number of hydrogen-bond acceptors (Lipinski definition) is 3. The summed E-state index contributed by atoms with van der Waals surface area (Å²) in [6.07, 6.45) is 5.64. The van der Waals surface area contributed by atoms with Crippen molar-refractivity contribution < 1.29 is 9.53 Å². The average Bonchev–Trinajstić information content (AvgIpc) is 2.33. The zero-order chi connectivity index (χ0) is 12.7. The fraction of sp³-hybridized carbons (Fsp3) is 0.923. The highest BCUT2D eigenvalue weighted by Gasteiger charge is 2.26. The van der Waals surface area contributed by atoms with E-state index in [1.165, 1.54) is 0 Å². The Morgan fingerprint density at radius 2 is 2.00 bits per heavy atom. The first kappa shape index (κ1) is 14.5. The normalized spacial score (nSPS) is 24.6. The summed E-state index contributed by atoms with van der Waals surface area (Å²) < 4.78 is 4.98. The first-order valence-electron chi connectivity index (χ1n) is 6.73. The van der Waals surface area contributed by atoms with Crippen LogP contribution < -0.4 is 5.73 Å². The zero-order valence-electron chi connectivity index (χ0n) is 11.2. The maximum absolute atomic E-state index is 12.1. The molecule has 0 spiro atoms. The average molecular weight is 242 g/mol. The lowest BCUT2D eigenvalue weighted by Crippen LogP contribution is -2.44. The lowest BCUT2D eigenvalue weighted by molar-refractivity contribution is -0.134. The van der Waals surface area contributed by atoms with E-state index >= 15 is 0 Å². The molecule has 100 valence electrons. The number of ether oxygens (including phenoxy) is 1. The monoisotopic (exact) mass is 242 g/mol. The van der Waals surface area contributed by atoms with Crippen molar-refractivity contribution in [3.63, 3.8) is 0 Å². The Labute approximate surface area is 104 Å². The predicted molar refractivity (Wildman–Crippen MR) is 68.7 cm³/mol. The first-order chi connectivity index (χ1) is 8.19. The molecule has 0 unspecified atom stereocenters. The van der Waals surface area contributed by atoms with Gasteiger partial charge in [0.05, 0.1) is 0 Å². The van der Waals surface area contributed by atoms with Gasteiger partial charge in [0.2, 0.25) is 5.91 Å². The van der Waals surface area contributed by atoms with Gasteiger partial charge in [0, 0.05) is 38.8 Å². The van der Waals surface area contributed by atoms with Crippen LogP contribution in [-0.4, -0.2) is 43.2 Å². The Morgan fingerprint density at radius 1 is 1.35 bits per heavy atom. The molecule has 0 aromatic heterocycles. The van der Waals surface area contributed by atoms with E-state index in [1.54, 1.807) is 7.11 Å². The van der Waals surface area contributed by atoms with E-state index in [9.17, 15) is 4.79 Å². The van der Waals surface area contributed by atoms with E-state index in [0.717, 1.165) is 38.6 Å². The SMILES string of the molecule is CCN(C(=O)CCCOC)C1CCC(N)CC1. The van der Waals surface area contributed by atoms with Crippen LogP contribution in [0.2, 0.25) is 0 Å². The van der Waals surface area contributed by atoms with Crippen molar-refractivity contribution in [1.82, 2.24) is 4.90 Å². The minimum Gasteiger partial charge on any atom is -0.385 e. The van der Waals surface area contributed by atoms with E-state index in [4.69, 9.17) is 10.5 Å². The molecule has 0 aliphatic heterocycles. The summed E-state index contributed by atoms with van der Waals surface area (Å²) >= 11 is 0. The quantitative estimate of drug-likeness (QED) is 0.719. The second kappa shape index (κ2) is 7.67. The molecular weight excluding hydrogens is 216 g/mol. The molecular formula is C13H26N2O2. The van der Waals surface area contributed by atoms with E-state index < -0.39 is 0 Å². The predicted octanol–water partition coefficient (Wildman–Crippen LogP) is 1.53. The topological polar surface area (TPSA) is 55.6 Å². The van der Waals surface area contributed by atoms with Crippen LogP contribution in [-0.2, 0) is 9.53 Å². The van der Waals surface area contributed by atoms with Crippen molar-refractivity contribution >= 4 is 5.91 Å². The fourth-order valence-corrected chi connectivity index (χ4v) is 2.56. The van der Waals surface area contributed by atoms with Crippen molar-refractivity contribution in [3.05, 3.63) is 0 Å². The lowest BCUT2D eigenvalue weighted by atomic mass is 9.90. The van der Waals surface area contributed by atoms with Crippen molar-refractivity contribution in [1.29, 1.82) is 0 Å². The van der Waals surface area contributed by atoms with Crippen LogP contribution in [0.5, 0.6) is 0 Å². The second-order valence-corrected chi connectivity index (χ2v) is 4.84. The molecule has 0 bridgehead atoms. The molecule has 1 aliphatic carbocycles. The number of carbonyl (C=O) groups is 1. The molecule has 4 nitrogen and oxygen atoms in total. The fourth-order valence-electron chi connectivity index (χ4n) is 2.56. The third-order valence-electron chi connectivity index (χ3n) is 3.58. The summed E-state index contributed by atoms with van der Waals surface area (Å²) in [5.74, 6) is 0.269. The minimum absolute atomic E-state index is 0.269. The molecule has 0 radical (unpaired) electrons. The molecule has 0 aromatic carbocycles. The van der Waals surface area contributed by atoms with Crippen LogP contribution in [0.4, 0.5) is 0 Å². The summed E-state index contributed by atoms with van der Waals surface area (Å²) in [6, 6.07) is 0.753. The molecule has 0 atom stereocenters. The molecule has 4 heteroatoms. The zero-order valence-corrected chi connectivity index (χ0v) is 11.2. The number of hydrogen-bond donors (Lipinski definition) is 1. The third kappa shape index (κ3) is 4.64. The maximum atomic E-state index is 12.1. The lowest BCUT2D eigenvalue weighted by Gasteiger charge is -2.35. The number of carbonyl (C=O) groups excluding carboxylic acids is 1. The summed E-state index contributed by atoms with van der Waals surface area (Å²) in [4.78, 5) is 14.1. The van der Waals surface area contributed by atoms with E-state index in [2.05, 4.69) is 6.92 Å². The Bertz CT molecular complexity index is 225. The standard InChI is InChI=1S/C13H26N2O2/c1-3-15(13(16)5-4-10-17-2)12-8-6-11(14)7-9-12/h11-12H,3-10,14H2,1-2H3. The van der Waals surface area contributed by atoms with Gasteiger partial charge in [-0.2, -0.15) is 0 Å². The van der Waals surface area contributed by atoms with Gasteiger partial charge in [-0.05, 0) is 39.0 Å². The van der Waals surface area contributed by atoms with Gasteiger partial charge in [0.1, 0.15) is 0 Å². The van der Waals surface area contributed by atoms with Crippen molar-refractivity contribution in [2.75, 3.05) is 20.3 Å². The van der Waals surface area contributed by atoms with Gasteiger partial charge in [-0.3, -0.25) is 4.79 Å². The third-order valence-corrected chi connectivity index (χ3v) is 3.58. The van der Waals surface area contributed by atoms with Gasteiger partial charge >= 0.3 is 0 Å². The smallest absolute Gasteiger partial charge is 0.222 e. The summed E-state index contributed by atoms with van der Waals surface area (Å²) in [5.41, 5.74) is 5.89. The van der Waals surface area contributed by atoms with E-state index in [-0.39, 0.29) is 5.91 Å². The number of rotatable bonds is 6. The molecule has 1 amide bonds. The highest BCUT2D eigenvalue weighted by atomic mass is 16.5. The van der Waals surface area contributed by atoms with Gasteiger partial charge in [-0.1, -0.05) is 0 Å². The molecule has 1 aliphatic rings. The molecule has 1 fully saturated rings. The second-order valence-electron chi connectivity index (χ2n) is 4.84. The molecule has 0 aromatic rings. The van der Waals surface area contributed by atoms with Crippen LogP contribution >= 0.6 is 0 Å². The van der Waals surface area contributed by atoms with Crippen molar-refractivity contribution in [2.24, 2.45) is 5.73 Å². The number of nitrogens with two attached hydrogens (primary N) is 1. The first-order valence-corrected chi connectivity index (χ1v) is 6.73. The van der Waals surface area contributed by atoms with E-state index in [1.807, 2.05) is 4.90 Å². The molecule has 1 rings (SSSR count). The number of amides is 1. The van der Waals surface area contributed by atoms with Crippen LogP contribution in [0, 0.1) is 0 Å².